The molecular weight excluding hydrogens is 378 g/mol. The van der Waals surface area contributed by atoms with E-state index in [4.69, 9.17) is 11.6 Å². The molecule has 0 aliphatic heterocycles. The lowest BCUT2D eigenvalue weighted by atomic mass is 10.2. The molecule has 0 N–H and O–H groups in total. The predicted molar refractivity (Wildman–Crippen MR) is 85.8 cm³/mol. The number of aromatic nitrogens is 3. The fourth-order valence-electron chi connectivity index (χ4n) is 1.89. The summed E-state index contributed by atoms with van der Waals surface area (Å²) in [7, 11) is 0. The molecule has 0 saturated heterocycles. The zero-order valence-corrected chi connectivity index (χ0v) is 13.8. The van der Waals surface area contributed by atoms with Crippen molar-refractivity contribution in [3.05, 3.63) is 65.2 Å². The number of nitrogens with zero attached hydrogens (tertiary/aromatic N) is 3. The van der Waals surface area contributed by atoms with E-state index in [9.17, 15) is 17.6 Å². The van der Waals surface area contributed by atoms with Gasteiger partial charge in [0.15, 0.2) is 5.82 Å². The number of benzene rings is 1. The second-order valence-electron chi connectivity index (χ2n) is 4.83. The molecule has 0 saturated carbocycles. The summed E-state index contributed by atoms with van der Waals surface area (Å²) in [5.74, 6) is -0.251. The van der Waals surface area contributed by atoms with E-state index < -0.39 is 11.7 Å². The zero-order valence-electron chi connectivity index (χ0n) is 12.3. The van der Waals surface area contributed by atoms with Crippen LogP contribution in [0.15, 0.2) is 58.7 Å². The Kier molecular flexibility index (Phi) is 4.91. The summed E-state index contributed by atoms with van der Waals surface area (Å²) >= 11 is 7.16. The molecule has 0 aliphatic carbocycles. The standard InChI is InChI=1S/C16H8ClF4N3S/c17-12-7-9(16(19,20)21)8-23-14(12)15-22-6-5-13(24-15)25-11-3-1-10(18)2-4-11/h1-8H. The molecule has 2 heterocycles. The maximum atomic E-state index is 12.9. The van der Waals surface area contributed by atoms with E-state index in [0.717, 1.165) is 11.0 Å². The van der Waals surface area contributed by atoms with Gasteiger partial charge in [-0.2, -0.15) is 13.2 Å². The summed E-state index contributed by atoms with van der Waals surface area (Å²) < 4.78 is 51.0. The molecule has 0 bridgehead atoms. The molecular formula is C16H8ClF4N3S. The van der Waals surface area contributed by atoms with Crippen LogP contribution in [0.1, 0.15) is 5.56 Å². The van der Waals surface area contributed by atoms with E-state index in [-0.39, 0.29) is 22.4 Å². The van der Waals surface area contributed by atoms with Crippen LogP contribution in [0.2, 0.25) is 5.02 Å². The monoisotopic (exact) mass is 385 g/mol. The smallest absolute Gasteiger partial charge is 0.251 e. The number of rotatable bonds is 3. The number of alkyl halides is 3. The van der Waals surface area contributed by atoms with Gasteiger partial charge in [-0.15, -0.1) is 0 Å². The minimum Gasteiger partial charge on any atom is -0.251 e. The van der Waals surface area contributed by atoms with E-state index >= 15 is 0 Å². The highest BCUT2D eigenvalue weighted by Crippen LogP contribution is 2.34. The fourth-order valence-corrected chi connectivity index (χ4v) is 2.92. The summed E-state index contributed by atoms with van der Waals surface area (Å²) in [6.45, 7) is 0. The van der Waals surface area contributed by atoms with Crippen LogP contribution in [0.4, 0.5) is 17.6 Å². The summed E-state index contributed by atoms with van der Waals surface area (Å²) in [4.78, 5) is 12.7. The van der Waals surface area contributed by atoms with E-state index in [1.807, 2.05) is 0 Å². The summed E-state index contributed by atoms with van der Waals surface area (Å²) in [5.41, 5.74) is -0.894. The maximum Gasteiger partial charge on any atom is 0.417 e. The van der Waals surface area contributed by atoms with Crippen LogP contribution < -0.4 is 0 Å². The Bertz CT molecular complexity index is 901. The Morgan fingerprint density at radius 3 is 2.36 bits per heavy atom. The Hall–Kier alpha value is -2.19. The second kappa shape index (κ2) is 6.97. The van der Waals surface area contributed by atoms with Crippen LogP contribution in [0.5, 0.6) is 0 Å². The van der Waals surface area contributed by atoms with Crippen molar-refractivity contribution < 1.29 is 17.6 Å². The molecule has 9 heteroatoms. The van der Waals surface area contributed by atoms with Gasteiger partial charge in [-0.05, 0) is 36.4 Å². The Balaban J connectivity index is 1.90. The number of hydrogen-bond acceptors (Lipinski definition) is 4. The molecule has 1 aromatic carbocycles. The molecule has 3 aromatic rings. The van der Waals surface area contributed by atoms with E-state index in [0.29, 0.717) is 11.2 Å². The van der Waals surface area contributed by atoms with Crippen molar-refractivity contribution in [2.24, 2.45) is 0 Å². The molecule has 0 radical (unpaired) electrons. The zero-order chi connectivity index (χ0) is 18.0. The van der Waals surface area contributed by atoms with Gasteiger partial charge in [-0.1, -0.05) is 23.4 Å². The number of halogens is 5. The van der Waals surface area contributed by atoms with Crippen LogP contribution >= 0.6 is 23.4 Å². The van der Waals surface area contributed by atoms with Gasteiger partial charge in [0.25, 0.3) is 0 Å². The van der Waals surface area contributed by atoms with E-state index in [2.05, 4.69) is 15.0 Å². The van der Waals surface area contributed by atoms with Gasteiger partial charge in [-0.25, -0.2) is 14.4 Å². The third-order valence-corrected chi connectivity index (χ3v) is 4.28. The van der Waals surface area contributed by atoms with Gasteiger partial charge >= 0.3 is 6.18 Å². The predicted octanol–water partition coefficient (Wildman–Crippen LogP) is 5.50. The minimum absolute atomic E-state index is 0.0521. The van der Waals surface area contributed by atoms with Crippen LogP contribution in [-0.4, -0.2) is 15.0 Å². The van der Waals surface area contributed by atoms with Gasteiger partial charge in [0.05, 0.1) is 10.6 Å². The van der Waals surface area contributed by atoms with Crippen LogP contribution in [-0.2, 0) is 6.18 Å². The molecule has 0 spiro atoms. The van der Waals surface area contributed by atoms with E-state index in [1.54, 1.807) is 18.2 Å². The Morgan fingerprint density at radius 1 is 1.00 bits per heavy atom. The number of pyridine rings is 1. The third kappa shape index (κ3) is 4.26. The molecule has 25 heavy (non-hydrogen) atoms. The van der Waals surface area contributed by atoms with Crippen molar-refractivity contribution in [2.45, 2.75) is 16.1 Å². The van der Waals surface area contributed by atoms with Crippen LogP contribution in [0.25, 0.3) is 11.5 Å². The summed E-state index contributed by atoms with van der Waals surface area (Å²) in [5, 5.41) is 0.327. The van der Waals surface area contributed by atoms with Crippen LogP contribution in [0, 0.1) is 5.82 Å². The van der Waals surface area contributed by atoms with E-state index in [1.165, 1.54) is 30.1 Å². The summed E-state index contributed by atoms with van der Waals surface area (Å²) in [6, 6.07) is 8.22. The lowest BCUT2D eigenvalue weighted by Gasteiger charge is -2.09. The SMILES string of the molecule is Fc1ccc(Sc2ccnc(-c3ncc(C(F)(F)F)cc3Cl)n2)cc1. The minimum atomic E-state index is -4.53. The molecule has 0 fully saturated rings. The van der Waals surface area contributed by atoms with Crippen molar-refractivity contribution in [3.63, 3.8) is 0 Å². The molecule has 2 aromatic heterocycles. The van der Waals surface area contributed by atoms with Crippen molar-refractivity contribution in [2.75, 3.05) is 0 Å². The first-order valence-corrected chi connectivity index (χ1v) is 8.02. The number of hydrogen-bond donors (Lipinski definition) is 0. The molecule has 3 nitrogen and oxygen atoms in total. The maximum absolute atomic E-state index is 12.9. The van der Waals surface area contributed by atoms with Gasteiger partial charge in [0.2, 0.25) is 0 Å². The average Bonchev–Trinajstić information content (AvgIpc) is 2.56. The quantitative estimate of drug-likeness (QED) is 0.440. The molecule has 128 valence electrons. The van der Waals surface area contributed by atoms with Crippen molar-refractivity contribution in [1.82, 2.24) is 15.0 Å². The van der Waals surface area contributed by atoms with Gasteiger partial charge in [0, 0.05) is 17.3 Å². The van der Waals surface area contributed by atoms with Gasteiger partial charge in [0.1, 0.15) is 16.5 Å². The first-order chi connectivity index (χ1) is 11.8. The third-order valence-electron chi connectivity index (χ3n) is 3.05. The molecule has 0 atom stereocenters. The lowest BCUT2D eigenvalue weighted by Crippen LogP contribution is -2.06. The fraction of sp³-hybridized carbons (Fsp3) is 0.0625. The molecule has 0 unspecified atom stereocenters. The molecule has 0 amide bonds. The van der Waals surface area contributed by atoms with Crippen molar-refractivity contribution in [1.29, 1.82) is 0 Å². The lowest BCUT2D eigenvalue weighted by molar-refractivity contribution is -0.137. The molecule has 0 aliphatic rings. The molecule has 3 rings (SSSR count). The largest absolute Gasteiger partial charge is 0.417 e. The normalized spacial score (nSPS) is 11.6. The van der Waals surface area contributed by atoms with Crippen molar-refractivity contribution >= 4 is 23.4 Å². The first-order valence-electron chi connectivity index (χ1n) is 6.82. The summed E-state index contributed by atoms with van der Waals surface area (Å²) in [6.07, 6.45) is -2.40. The van der Waals surface area contributed by atoms with Crippen LogP contribution in [0.3, 0.4) is 0 Å². The van der Waals surface area contributed by atoms with Crippen molar-refractivity contribution in [3.8, 4) is 11.5 Å². The highest BCUT2D eigenvalue weighted by Gasteiger charge is 2.31. The topological polar surface area (TPSA) is 38.7 Å². The average molecular weight is 386 g/mol. The van der Waals surface area contributed by atoms with Gasteiger partial charge < -0.3 is 0 Å². The highest BCUT2D eigenvalue weighted by molar-refractivity contribution is 7.99. The van der Waals surface area contributed by atoms with Gasteiger partial charge in [-0.3, -0.25) is 4.98 Å². The second-order valence-corrected chi connectivity index (χ2v) is 6.33. The Labute approximate surface area is 149 Å². The Morgan fingerprint density at radius 2 is 1.72 bits per heavy atom. The first kappa shape index (κ1) is 17.6. The highest BCUT2D eigenvalue weighted by atomic mass is 35.5.